The number of ether oxygens (including phenoxy) is 3. The standard InChI is InChI=1S/C19H18N4O4S/c1-12(24)27-17-15(25-2)9-13(10-16(17)26-3)11-20-23-18(21-22-19(23)28)14-7-5-4-6-8-14/h4-11H,1-3H3,(H,22,28)/b20-11-. The summed E-state index contributed by atoms with van der Waals surface area (Å²) in [5, 5.41) is 11.4. The van der Waals surface area contributed by atoms with Crippen molar-refractivity contribution in [1.82, 2.24) is 14.9 Å². The Labute approximate surface area is 166 Å². The number of carbonyl (C=O) groups is 1. The summed E-state index contributed by atoms with van der Waals surface area (Å²) in [6.07, 6.45) is 1.58. The molecule has 1 N–H and O–H groups in total. The summed E-state index contributed by atoms with van der Waals surface area (Å²) >= 11 is 5.28. The number of aromatic amines is 1. The van der Waals surface area contributed by atoms with Crippen molar-refractivity contribution in [3.63, 3.8) is 0 Å². The number of H-pyrrole nitrogens is 1. The van der Waals surface area contributed by atoms with E-state index in [4.69, 9.17) is 26.4 Å². The topological polar surface area (TPSA) is 90.7 Å². The van der Waals surface area contributed by atoms with Crippen molar-refractivity contribution in [2.45, 2.75) is 6.92 Å². The minimum absolute atomic E-state index is 0.208. The van der Waals surface area contributed by atoms with Gasteiger partial charge in [0.25, 0.3) is 0 Å². The van der Waals surface area contributed by atoms with Crippen LogP contribution in [0.2, 0.25) is 0 Å². The first-order valence-electron chi connectivity index (χ1n) is 8.25. The number of hydrogen-bond acceptors (Lipinski definition) is 7. The van der Waals surface area contributed by atoms with Gasteiger partial charge < -0.3 is 14.2 Å². The third kappa shape index (κ3) is 4.09. The number of carbonyl (C=O) groups excluding carboxylic acids is 1. The second-order valence-electron chi connectivity index (χ2n) is 5.62. The number of hydrogen-bond donors (Lipinski definition) is 1. The second kappa shape index (κ2) is 8.49. The quantitative estimate of drug-likeness (QED) is 0.296. The molecule has 0 aliphatic carbocycles. The second-order valence-corrected chi connectivity index (χ2v) is 6.01. The first-order chi connectivity index (χ1) is 13.5. The average molecular weight is 398 g/mol. The summed E-state index contributed by atoms with van der Waals surface area (Å²) in [6.45, 7) is 1.31. The van der Waals surface area contributed by atoms with Crippen molar-refractivity contribution in [2.75, 3.05) is 14.2 Å². The lowest BCUT2D eigenvalue weighted by molar-refractivity contribution is -0.132. The molecule has 0 spiro atoms. The van der Waals surface area contributed by atoms with Gasteiger partial charge in [-0.1, -0.05) is 30.3 Å². The fourth-order valence-electron chi connectivity index (χ4n) is 2.52. The highest BCUT2D eigenvalue weighted by atomic mass is 32.1. The van der Waals surface area contributed by atoms with Crippen LogP contribution < -0.4 is 14.2 Å². The molecule has 1 aromatic heterocycles. The molecule has 3 rings (SSSR count). The highest BCUT2D eigenvalue weighted by Crippen LogP contribution is 2.38. The van der Waals surface area contributed by atoms with Crippen LogP contribution in [0, 0.1) is 4.77 Å². The van der Waals surface area contributed by atoms with E-state index in [0.29, 0.717) is 27.7 Å². The number of benzene rings is 2. The molecule has 0 unspecified atom stereocenters. The fraction of sp³-hybridized carbons (Fsp3) is 0.158. The normalized spacial score (nSPS) is 10.8. The van der Waals surface area contributed by atoms with E-state index in [0.717, 1.165) is 5.56 Å². The average Bonchev–Trinajstić information content (AvgIpc) is 3.07. The lowest BCUT2D eigenvalue weighted by Gasteiger charge is -2.13. The van der Waals surface area contributed by atoms with Gasteiger partial charge in [-0.05, 0) is 24.4 Å². The van der Waals surface area contributed by atoms with Crippen LogP contribution in [0.3, 0.4) is 0 Å². The summed E-state index contributed by atoms with van der Waals surface area (Å²) in [7, 11) is 2.95. The first kappa shape index (κ1) is 19.3. The van der Waals surface area contributed by atoms with Gasteiger partial charge in [-0.2, -0.15) is 14.9 Å². The minimum atomic E-state index is -0.477. The van der Waals surface area contributed by atoms with Gasteiger partial charge in [0.2, 0.25) is 10.5 Å². The number of rotatable bonds is 6. The van der Waals surface area contributed by atoms with Crippen LogP contribution in [-0.4, -0.2) is 41.3 Å². The van der Waals surface area contributed by atoms with Crippen molar-refractivity contribution in [2.24, 2.45) is 5.10 Å². The number of nitrogens with zero attached hydrogens (tertiary/aromatic N) is 3. The minimum Gasteiger partial charge on any atom is -0.493 e. The zero-order valence-electron chi connectivity index (χ0n) is 15.5. The van der Waals surface area contributed by atoms with Gasteiger partial charge >= 0.3 is 5.97 Å². The molecule has 0 aliphatic heterocycles. The molecular weight excluding hydrogens is 380 g/mol. The molecular formula is C19H18N4O4S. The van der Waals surface area contributed by atoms with Crippen LogP contribution in [-0.2, 0) is 4.79 Å². The molecule has 1 heterocycles. The number of methoxy groups -OCH3 is 2. The zero-order valence-corrected chi connectivity index (χ0v) is 16.3. The van der Waals surface area contributed by atoms with Crippen molar-refractivity contribution in [3.8, 4) is 28.6 Å². The SMILES string of the molecule is COc1cc(/C=N\n2c(-c3ccccc3)n[nH]c2=S)cc(OC)c1OC(C)=O. The smallest absolute Gasteiger partial charge is 0.308 e. The van der Waals surface area contributed by atoms with Gasteiger partial charge in [-0.15, -0.1) is 0 Å². The maximum atomic E-state index is 11.3. The van der Waals surface area contributed by atoms with E-state index in [9.17, 15) is 4.79 Å². The Morgan fingerprint density at radius 2 is 1.82 bits per heavy atom. The van der Waals surface area contributed by atoms with Gasteiger partial charge in [0, 0.05) is 18.1 Å². The number of nitrogens with one attached hydrogen (secondary N) is 1. The van der Waals surface area contributed by atoms with Crippen LogP contribution in [0.15, 0.2) is 47.6 Å². The molecule has 9 heteroatoms. The predicted molar refractivity (Wildman–Crippen MR) is 107 cm³/mol. The summed E-state index contributed by atoms with van der Waals surface area (Å²) in [6, 6.07) is 12.9. The van der Waals surface area contributed by atoms with Gasteiger partial charge in [0.15, 0.2) is 17.3 Å². The molecule has 0 saturated carbocycles. The van der Waals surface area contributed by atoms with E-state index in [2.05, 4.69) is 15.3 Å². The molecule has 28 heavy (non-hydrogen) atoms. The lowest BCUT2D eigenvalue weighted by Crippen LogP contribution is -2.05. The molecule has 0 amide bonds. The van der Waals surface area contributed by atoms with Crippen LogP contribution >= 0.6 is 12.2 Å². The molecule has 0 saturated heterocycles. The molecule has 2 aromatic carbocycles. The number of aromatic nitrogens is 3. The summed E-state index contributed by atoms with van der Waals surface area (Å²) in [5.74, 6) is 0.997. The van der Waals surface area contributed by atoms with Crippen LogP contribution in [0.4, 0.5) is 0 Å². The molecule has 0 bridgehead atoms. The Morgan fingerprint density at radius 1 is 1.18 bits per heavy atom. The van der Waals surface area contributed by atoms with E-state index in [-0.39, 0.29) is 5.75 Å². The predicted octanol–water partition coefficient (Wildman–Crippen LogP) is 3.43. The van der Waals surface area contributed by atoms with E-state index < -0.39 is 5.97 Å². The molecule has 0 aliphatic rings. The third-order valence-electron chi connectivity index (χ3n) is 3.73. The summed E-state index contributed by atoms with van der Waals surface area (Å²) in [4.78, 5) is 11.3. The Morgan fingerprint density at radius 3 is 2.39 bits per heavy atom. The van der Waals surface area contributed by atoms with Crippen LogP contribution in [0.5, 0.6) is 17.2 Å². The van der Waals surface area contributed by atoms with Crippen molar-refractivity contribution in [3.05, 3.63) is 52.8 Å². The third-order valence-corrected chi connectivity index (χ3v) is 4.00. The summed E-state index contributed by atoms with van der Waals surface area (Å²) < 4.78 is 17.7. The van der Waals surface area contributed by atoms with E-state index in [1.165, 1.54) is 25.8 Å². The molecule has 3 aromatic rings. The number of esters is 1. The fourth-order valence-corrected chi connectivity index (χ4v) is 2.70. The molecule has 0 radical (unpaired) electrons. The highest BCUT2D eigenvalue weighted by Gasteiger charge is 2.16. The molecule has 144 valence electrons. The summed E-state index contributed by atoms with van der Waals surface area (Å²) in [5.41, 5.74) is 1.53. The Balaban J connectivity index is 2.01. The van der Waals surface area contributed by atoms with E-state index >= 15 is 0 Å². The van der Waals surface area contributed by atoms with Gasteiger partial charge in [-0.3, -0.25) is 4.79 Å². The van der Waals surface area contributed by atoms with Crippen molar-refractivity contribution >= 4 is 24.4 Å². The van der Waals surface area contributed by atoms with Crippen molar-refractivity contribution in [1.29, 1.82) is 0 Å². The molecule has 0 fully saturated rings. The van der Waals surface area contributed by atoms with E-state index in [1.807, 2.05) is 30.3 Å². The van der Waals surface area contributed by atoms with Crippen LogP contribution in [0.25, 0.3) is 11.4 Å². The maximum absolute atomic E-state index is 11.3. The van der Waals surface area contributed by atoms with E-state index in [1.54, 1.807) is 18.3 Å². The molecule has 8 nitrogen and oxygen atoms in total. The van der Waals surface area contributed by atoms with Gasteiger partial charge in [-0.25, -0.2) is 5.10 Å². The zero-order chi connectivity index (χ0) is 20.1. The Bertz CT molecular complexity index is 1050. The Hall–Kier alpha value is -3.46. The Kier molecular flexibility index (Phi) is 5.85. The largest absolute Gasteiger partial charge is 0.493 e. The van der Waals surface area contributed by atoms with Crippen molar-refractivity contribution < 1.29 is 19.0 Å². The monoisotopic (exact) mass is 398 g/mol. The first-order valence-corrected chi connectivity index (χ1v) is 8.66. The lowest BCUT2D eigenvalue weighted by atomic mass is 10.2. The molecule has 0 atom stereocenters. The highest BCUT2D eigenvalue weighted by molar-refractivity contribution is 7.71. The van der Waals surface area contributed by atoms with Gasteiger partial charge in [0.1, 0.15) is 0 Å². The van der Waals surface area contributed by atoms with Gasteiger partial charge in [0.05, 0.1) is 20.4 Å². The maximum Gasteiger partial charge on any atom is 0.308 e. The van der Waals surface area contributed by atoms with Crippen LogP contribution in [0.1, 0.15) is 12.5 Å².